The maximum absolute atomic E-state index is 14.9. The Balaban J connectivity index is 1.81. The molecule has 0 saturated carbocycles. The van der Waals surface area contributed by atoms with Gasteiger partial charge in [0.25, 0.3) is 0 Å². The third kappa shape index (κ3) is 3.72. The average molecular weight is 448 g/mol. The van der Waals surface area contributed by atoms with Crippen LogP contribution in [-0.4, -0.2) is 0 Å². The second-order valence-corrected chi connectivity index (χ2v) is 7.42. The van der Waals surface area contributed by atoms with Crippen molar-refractivity contribution < 1.29 is 30.7 Å². The van der Waals surface area contributed by atoms with E-state index in [-0.39, 0.29) is 22.1 Å². The summed E-state index contributed by atoms with van der Waals surface area (Å²) in [7, 11) is 0. The molecule has 0 aliphatic heterocycles. The van der Waals surface area contributed by atoms with Crippen molar-refractivity contribution >= 4 is 10.8 Å². The standard InChI is InChI=1S/C25H15F7/c1-2-3-12-6-18(27)22(19(28)7-12)13-4-5-16(17(26)9-13)14-8-15-11-21(30)24(31)25(32)23(15)20(29)10-14/h4-11H,2-3H2,1H3. The first kappa shape index (κ1) is 21.9. The lowest BCUT2D eigenvalue weighted by atomic mass is 9.96. The summed E-state index contributed by atoms with van der Waals surface area (Å²) in [5, 5.41) is -1.07. The molecule has 0 N–H and O–H groups in total. The minimum Gasteiger partial charge on any atom is -0.206 e. The maximum atomic E-state index is 14.9. The Morgan fingerprint density at radius 1 is 0.594 bits per heavy atom. The van der Waals surface area contributed by atoms with E-state index in [9.17, 15) is 30.7 Å². The fourth-order valence-electron chi connectivity index (χ4n) is 3.78. The van der Waals surface area contributed by atoms with Crippen LogP contribution in [0.5, 0.6) is 0 Å². The number of halogens is 7. The number of hydrogen-bond donors (Lipinski definition) is 0. The normalized spacial score (nSPS) is 11.4. The van der Waals surface area contributed by atoms with Crippen LogP contribution in [0.2, 0.25) is 0 Å². The van der Waals surface area contributed by atoms with Crippen molar-refractivity contribution in [1.29, 1.82) is 0 Å². The van der Waals surface area contributed by atoms with Gasteiger partial charge < -0.3 is 0 Å². The molecule has 164 valence electrons. The SMILES string of the molecule is CCCc1cc(F)c(-c2ccc(-c3cc(F)c4c(F)c(F)c(F)cc4c3)c(F)c2)c(F)c1. The van der Waals surface area contributed by atoms with Gasteiger partial charge in [-0.15, -0.1) is 0 Å². The van der Waals surface area contributed by atoms with E-state index in [1.54, 1.807) is 0 Å². The van der Waals surface area contributed by atoms with E-state index in [0.717, 1.165) is 18.2 Å². The molecule has 0 saturated heterocycles. The summed E-state index contributed by atoms with van der Waals surface area (Å²) in [6.07, 6.45) is 1.18. The first-order valence-corrected chi connectivity index (χ1v) is 9.76. The van der Waals surface area contributed by atoms with Gasteiger partial charge in [-0.1, -0.05) is 25.5 Å². The van der Waals surface area contributed by atoms with Gasteiger partial charge in [0.15, 0.2) is 17.5 Å². The van der Waals surface area contributed by atoms with Crippen molar-refractivity contribution in [3.63, 3.8) is 0 Å². The van der Waals surface area contributed by atoms with Crippen LogP contribution in [-0.2, 0) is 6.42 Å². The monoisotopic (exact) mass is 448 g/mol. The van der Waals surface area contributed by atoms with Crippen LogP contribution in [0.15, 0.2) is 48.5 Å². The zero-order valence-corrected chi connectivity index (χ0v) is 16.7. The maximum Gasteiger partial charge on any atom is 0.195 e. The molecule has 0 aliphatic rings. The summed E-state index contributed by atoms with van der Waals surface area (Å²) in [6, 6.07) is 8.20. The van der Waals surface area contributed by atoms with Crippen LogP contribution in [0.3, 0.4) is 0 Å². The molecule has 0 amide bonds. The summed E-state index contributed by atoms with van der Waals surface area (Å²) in [4.78, 5) is 0. The molecule has 0 aliphatic carbocycles. The molecule has 0 fully saturated rings. The molecule has 4 rings (SSSR count). The molecule has 0 unspecified atom stereocenters. The van der Waals surface area contributed by atoms with E-state index >= 15 is 0 Å². The molecular formula is C25H15F7. The van der Waals surface area contributed by atoms with Gasteiger partial charge >= 0.3 is 0 Å². The molecule has 0 bridgehead atoms. The van der Waals surface area contributed by atoms with Crippen LogP contribution in [0.25, 0.3) is 33.0 Å². The molecule has 4 aromatic rings. The van der Waals surface area contributed by atoms with Crippen molar-refractivity contribution in [2.24, 2.45) is 0 Å². The highest BCUT2D eigenvalue weighted by molar-refractivity contribution is 5.89. The lowest BCUT2D eigenvalue weighted by Gasteiger charge is -2.12. The summed E-state index contributed by atoms with van der Waals surface area (Å²) in [6.45, 7) is 1.87. The fourth-order valence-corrected chi connectivity index (χ4v) is 3.78. The van der Waals surface area contributed by atoms with E-state index in [1.807, 2.05) is 6.92 Å². The van der Waals surface area contributed by atoms with E-state index in [0.29, 0.717) is 24.5 Å². The quantitative estimate of drug-likeness (QED) is 0.219. The van der Waals surface area contributed by atoms with Crippen molar-refractivity contribution in [1.82, 2.24) is 0 Å². The van der Waals surface area contributed by atoms with Gasteiger partial charge in [-0.25, -0.2) is 30.7 Å². The molecule has 0 aromatic heterocycles. The number of hydrogen-bond acceptors (Lipinski definition) is 0. The molecule has 32 heavy (non-hydrogen) atoms. The lowest BCUT2D eigenvalue weighted by Crippen LogP contribution is -1.97. The molecule has 0 heterocycles. The fraction of sp³-hybridized carbons (Fsp3) is 0.120. The Morgan fingerprint density at radius 3 is 1.88 bits per heavy atom. The van der Waals surface area contributed by atoms with Crippen molar-refractivity contribution in [3.05, 3.63) is 94.8 Å². The molecule has 0 radical (unpaired) electrons. The van der Waals surface area contributed by atoms with Crippen LogP contribution < -0.4 is 0 Å². The van der Waals surface area contributed by atoms with Crippen molar-refractivity contribution in [2.45, 2.75) is 19.8 Å². The van der Waals surface area contributed by atoms with Crippen LogP contribution in [0.4, 0.5) is 30.7 Å². The number of fused-ring (bicyclic) bond motifs is 1. The highest BCUT2D eigenvalue weighted by Gasteiger charge is 2.20. The van der Waals surface area contributed by atoms with Crippen LogP contribution in [0, 0.1) is 40.7 Å². The average Bonchev–Trinajstić information content (AvgIpc) is 2.71. The Hall–Kier alpha value is -3.35. The first-order chi connectivity index (χ1) is 15.2. The Morgan fingerprint density at radius 2 is 1.25 bits per heavy atom. The third-order valence-electron chi connectivity index (χ3n) is 5.23. The van der Waals surface area contributed by atoms with Gasteiger partial charge in [0, 0.05) is 5.56 Å². The predicted molar refractivity (Wildman–Crippen MR) is 109 cm³/mol. The van der Waals surface area contributed by atoms with E-state index in [4.69, 9.17) is 0 Å². The topological polar surface area (TPSA) is 0 Å². The smallest absolute Gasteiger partial charge is 0.195 e. The summed E-state index contributed by atoms with van der Waals surface area (Å²) < 4.78 is 99.2. The molecule has 0 nitrogen and oxygen atoms in total. The summed E-state index contributed by atoms with van der Waals surface area (Å²) in [5.41, 5.74) is -0.234. The second kappa shape index (κ2) is 8.30. The molecule has 0 atom stereocenters. The van der Waals surface area contributed by atoms with Gasteiger partial charge in [-0.05, 0) is 64.9 Å². The van der Waals surface area contributed by atoms with Crippen LogP contribution in [0.1, 0.15) is 18.9 Å². The van der Waals surface area contributed by atoms with Gasteiger partial charge in [0.1, 0.15) is 23.3 Å². The van der Waals surface area contributed by atoms with Crippen molar-refractivity contribution in [2.75, 3.05) is 0 Å². The van der Waals surface area contributed by atoms with E-state index < -0.39 is 51.7 Å². The number of benzene rings is 4. The highest BCUT2D eigenvalue weighted by Crippen LogP contribution is 2.35. The minimum atomic E-state index is -1.81. The first-order valence-electron chi connectivity index (χ1n) is 9.76. The molecule has 7 heteroatoms. The number of rotatable bonds is 4. The van der Waals surface area contributed by atoms with Gasteiger partial charge in [-0.3, -0.25) is 0 Å². The zero-order chi connectivity index (χ0) is 23.2. The Bertz CT molecular complexity index is 1340. The van der Waals surface area contributed by atoms with E-state index in [1.165, 1.54) is 24.3 Å². The minimum absolute atomic E-state index is 0.0651. The lowest BCUT2D eigenvalue weighted by molar-refractivity contribution is 0.451. The summed E-state index contributed by atoms with van der Waals surface area (Å²) in [5.74, 6) is -8.83. The van der Waals surface area contributed by atoms with Crippen LogP contribution >= 0.6 is 0 Å². The highest BCUT2D eigenvalue weighted by atomic mass is 19.2. The largest absolute Gasteiger partial charge is 0.206 e. The Labute approximate surface area is 178 Å². The Kier molecular flexibility index (Phi) is 5.67. The van der Waals surface area contributed by atoms with Crippen molar-refractivity contribution in [3.8, 4) is 22.3 Å². The van der Waals surface area contributed by atoms with Gasteiger partial charge in [0.2, 0.25) is 0 Å². The molecular weight excluding hydrogens is 433 g/mol. The molecule has 4 aromatic carbocycles. The zero-order valence-electron chi connectivity index (χ0n) is 16.7. The van der Waals surface area contributed by atoms with E-state index in [2.05, 4.69) is 0 Å². The van der Waals surface area contributed by atoms with Gasteiger partial charge in [-0.2, -0.15) is 0 Å². The molecule has 0 spiro atoms. The van der Waals surface area contributed by atoms with Gasteiger partial charge in [0.05, 0.1) is 10.9 Å². The summed E-state index contributed by atoms with van der Waals surface area (Å²) >= 11 is 0. The number of aryl methyl sites for hydroxylation is 1. The second-order valence-electron chi connectivity index (χ2n) is 7.42. The predicted octanol–water partition coefficient (Wildman–Crippen LogP) is 8.10. The third-order valence-corrected chi connectivity index (χ3v) is 5.23.